The number of rotatable bonds is 2. The van der Waals surface area contributed by atoms with E-state index < -0.39 is 5.97 Å². The van der Waals surface area contributed by atoms with Crippen LogP contribution in [0.2, 0.25) is 0 Å². The van der Waals surface area contributed by atoms with Gasteiger partial charge in [-0.1, -0.05) is 6.07 Å². The second-order valence-corrected chi connectivity index (χ2v) is 4.30. The van der Waals surface area contributed by atoms with Crippen LogP contribution in [0, 0.1) is 19.8 Å². The molecule has 0 radical (unpaired) electrons. The Hall–Kier alpha value is -1.38. The van der Waals surface area contributed by atoms with E-state index in [0.29, 0.717) is 0 Å². The zero-order chi connectivity index (χ0) is 11.0. The van der Waals surface area contributed by atoms with Crippen molar-refractivity contribution in [3.8, 4) is 0 Å². The largest absolute Gasteiger partial charge is 0.481 e. The molecule has 0 bridgehead atoms. The van der Waals surface area contributed by atoms with E-state index in [1.54, 1.807) is 0 Å². The fraction of sp³-hybridized carbons (Fsp3) is 0.500. The van der Waals surface area contributed by atoms with Crippen molar-refractivity contribution in [3.63, 3.8) is 0 Å². The summed E-state index contributed by atoms with van der Waals surface area (Å²) in [6.45, 7) is 3.98. The summed E-state index contributed by atoms with van der Waals surface area (Å²) in [5, 5.41) is 8.97. The number of carbonyl (C=O) groups is 1. The molecule has 2 atom stereocenters. The van der Waals surface area contributed by atoms with Gasteiger partial charge in [0.2, 0.25) is 0 Å². The van der Waals surface area contributed by atoms with Gasteiger partial charge < -0.3 is 5.11 Å². The molecule has 1 aromatic heterocycles. The molecule has 1 N–H and O–H groups in total. The van der Waals surface area contributed by atoms with Gasteiger partial charge in [-0.3, -0.25) is 9.78 Å². The van der Waals surface area contributed by atoms with Crippen molar-refractivity contribution in [2.75, 3.05) is 0 Å². The summed E-state index contributed by atoms with van der Waals surface area (Å²) in [6, 6.07) is 2.07. The van der Waals surface area contributed by atoms with Gasteiger partial charge in [-0.25, -0.2) is 0 Å². The topological polar surface area (TPSA) is 50.2 Å². The normalized spacial score (nSPS) is 24.7. The van der Waals surface area contributed by atoms with Crippen molar-refractivity contribution in [2.45, 2.75) is 32.6 Å². The zero-order valence-corrected chi connectivity index (χ0v) is 9.03. The molecule has 1 aromatic rings. The van der Waals surface area contributed by atoms with Crippen LogP contribution in [0.4, 0.5) is 0 Å². The molecule has 0 spiro atoms. The minimum absolute atomic E-state index is 0.175. The monoisotopic (exact) mass is 205 g/mol. The van der Waals surface area contributed by atoms with E-state index in [2.05, 4.69) is 11.1 Å². The summed E-state index contributed by atoms with van der Waals surface area (Å²) >= 11 is 0. The summed E-state index contributed by atoms with van der Waals surface area (Å²) in [5.74, 6) is -0.701. The highest BCUT2D eigenvalue weighted by atomic mass is 16.4. The third kappa shape index (κ3) is 1.74. The number of carboxylic acid groups (broad SMARTS) is 1. The van der Waals surface area contributed by atoms with Crippen LogP contribution in [-0.2, 0) is 4.79 Å². The number of aromatic nitrogens is 1. The molecule has 0 saturated heterocycles. The maximum Gasteiger partial charge on any atom is 0.307 e. The second-order valence-electron chi connectivity index (χ2n) is 4.30. The minimum atomic E-state index is -0.676. The highest BCUT2D eigenvalue weighted by Crippen LogP contribution is 2.42. The molecule has 80 valence electrons. The van der Waals surface area contributed by atoms with Crippen LogP contribution in [0.15, 0.2) is 12.3 Å². The molecule has 1 aliphatic rings. The smallest absolute Gasteiger partial charge is 0.307 e. The Labute approximate surface area is 89.2 Å². The SMILES string of the molecule is Cc1cc(C2CCC2C(=O)O)cnc1C. The molecule has 1 fully saturated rings. The van der Waals surface area contributed by atoms with E-state index >= 15 is 0 Å². The van der Waals surface area contributed by atoms with Gasteiger partial charge in [0.25, 0.3) is 0 Å². The Morgan fingerprint density at radius 3 is 2.67 bits per heavy atom. The van der Waals surface area contributed by atoms with Gasteiger partial charge in [-0.05, 0) is 43.7 Å². The number of aliphatic carboxylic acids is 1. The predicted molar refractivity (Wildman–Crippen MR) is 56.8 cm³/mol. The number of nitrogens with zero attached hydrogens (tertiary/aromatic N) is 1. The van der Waals surface area contributed by atoms with E-state index in [0.717, 1.165) is 29.7 Å². The first-order valence-corrected chi connectivity index (χ1v) is 5.25. The standard InChI is InChI=1S/C12H15NO2/c1-7-5-9(6-13-8(7)2)10-3-4-11(10)12(14)15/h5-6,10-11H,3-4H2,1-2H3,(H,14,15). The molecule has 1 aliphatic carbocycles. The van der Waals surface area contributed by atoms with Crippen LogP contribution < -0.4 is 0 Å². The lowest BCUT2D eigenvalue weighted by Crippen LogP contribution is -2.31. The van der Waals surface area contributed by atoms with E-state index in [1.807, 2.05) is 20.0 Å². The summed E-state index contributed by atoms with van der Waals surface area (Å²) in [7, 11) is 0. The fourth-order valence-electron chi connectivity index (χ4n) is 2.06. The number of hydrogen-bond acceptors (Lipinski definition) is 2. The first kappa shape index (κ1) is 10.1. The predicted octanol–water partition coefficient (Wildman–Crippen LogP) is 2.28. The molecule has 2 unspecified atom stereocenters. The van der Waals surface area contributed by atoms with Crippen LogP contribution >= 0.6 is 0 Å². The van der Waals surface area contributed by atoms with Crippen LogP contribution in [0.25, 0.3) is 0 Å². The first-order valence-electron chi connectivity index (χ1n) is 5.25. The van der Waals surface area contributed by atoms with Crippen LogP contribution in [-0.4, -0.2) is 16.1 Å². The Bertz CT molecular complexity index is 401. The summed E-state index contributed by atoms with van der Waals surface area (Å²) < 4.78 is 0. The van der Waals surface area contributed by atoms with Gasteiger partial charge in [0.1, 0.15) is 0 Å². The van der Waals surface area contributed by atoms with Crippen LogP contribution in [0.1, 0.15) is 35.6 Å². The minimum Gasteiger partial charge on any atom is -0.481 e. The van der Waals surface area contributed by atoms with Gasteiger partial charge >= 0.3 is 5.97 Å². The molecule has 15 heavy (non-hydrogen) atoms. The van der Waals surface area contributed by atoms with Crippen molar-refractivity contribution >= 4 is 5.97 Å². The molecule has 1 heterocycles. The number of pyridine rings is 1. The molecule has 3 nitrogen and oxygen atoms in total. The van der Waals surface area contributed by atoms with Crippen LogP contribution in [0.3, 0.4) is 0 Å². The van der Waals surface area contributed by atoms with Crippen molar-refractivity contribution in [1.82, 2.24) is 4.98 Å². The summed E-state index contributed by atoms with van der Waals surface area (Å²) in [4.78, 5) is 15.2. The van der Waals surface area contributed by atoms with E-state index in [4.69, 9.17) is 5.11 Å². The van der Waals surface area contributed by atoms with Gasteiger partial charge in [-0.15, -0.1) is 0 Å². The van der Waals surface area contributed by atoms with Crippen LogP contribution in [0.5, 0.6) is 0 Å². The van der Waals surface area contributed by atoms with Crippen molar-refractivity contribution < 1.29 is 9.90 Å². The zero-order valence-electron chi connectivity index (χ0n) is 9.03. The van der Waals surface area contributed by atoms with Crippen molar-refractivity contribution in [3.05, 3.63) is 29.1 Å². The Morgan fingerprint density at radius 2 is 2.20 bits per heavy atom. The van der Waals surface area contributed by atoms with Crippen molar-refractivity contribution in [1.29, 1.82) is 0 Å². The molecule has 0 aliphatic heterocycles. The molecule has 0 amide bonds. The lowest BCUT2D eigenvalue weighted by Gasteiger charge is -2.33. The number of hydrogen-bond donors (Lipinski definition) is 1. The number of aryl methyl sites for hydroxylation is 2. The van der Waals surface area contributed by atoms with Crippen molar-refractivity contribution in [2.24, 2.45) is 5.92 Å². The highest BCUT2D eigenvalue weighted by Gasteiger charge is 2.37. The van der Waals surface area contributed by atoms with Gasteiger partial charge in [-0.2, -0.15) is 0 Å². The average molecular weight is 205 g/mol. The Kier molecular flexibility index (Phi) is 2.47. The molecule has 1 saturated carbocycles. The third-order valence-electron chi connectivity index (χ3n) is 3.38. The third-order valence-corrected chi connectivity index (χ3v) is 3.38. The van der Waals surface area contributed by atoms with E-state index in [-0.39, 0.29) is 11.8 Å². The fourth-order valence-corrected chi connectivity index (χ4v) is 2.06. The summed E-state index contributed by atoms with van der Waals surface area (Å²) in [5.41, 5.74) is 3.24. The maximum atomic E-state index is 10.9. The average Bonchev–Trinajstić information content (AvgIpc) is 2.08. The quantitative estimate of drug-likeness (QED) is 0.805. The Morgan fingerprint density at radius 1 is 1.47 bits per heavy atom. The summed E-state index contributed by atoms with van der Waals surface area (Å²) in [6.07, 6.45) is 3.59. The highest BCUT2D eigenvalue weighted by molar-refractivity contribution is 5.72. The molecule has 0 aromatic carbocycles. The molecule has 3 heteroatoms. The molecular formula is C12H15NO2. The van der Waals surface area contributed by atoms with E-state index in [1.165, 1.54) is 0 Å². The lowest BCUT2D eigenvalue weighted by atomic mass is 9.70. The Balaban J connectivity index is 2.23. The molecule has 2 rings (SSSR count). The van der Waals surface area contributed by atoms with Gasteiger partial charge in [0.15, 0.2) is 0 Å². The van der Waals surface area contributed by atoms with Gasteiger partial charge in [0.05, 0.1) is 5.92 Å². The number of carboxylic acids is 1. The van der Waals surface area contributed by atoms with E-state index in [9.17, 15) is 4.79 Å². The lowest BCUT2D eigenvalue weighted by molar-refractivity contribution is -0.145. The maximum absolute atomic E-state index is 10.9. The first-order chi connectivity index (χ1) is 7.09. The van der Waals surface area contributed by atoms with Gasteiger partial charge in [0, 0.05) is 11.9 Å². The molecular weight excluding hydrogens is 190 g/mol. The second kappa shape index (κ2) is 3.65.